The fourth-order valence-electron chi connectivity index (χ4n) is 2.51. The lowest BCUT2D eigenvalue weighted by Gasteiger charge is -2.28. The standard InChI is InChI=1S/C20H22ClFN2O3/c1-13-10-17(8-9-18(13)21)27-12-19(25)24(14(2)20(26)23-3)11-15-4-6-16(22)7-5-15/h4-10,14H,11-12H2,1-3H3,(H,23,26). The van der Waals surface area contributed by atoms with E-state index in [0.717, 1.165) is 5.56 Å². The molecule has 0 heterocycles. The molecular weight excluding hydrogens is 371 g/mol. The minimum atomic E-state index is -0.705. The topological polar surface area (TPSA) is 58.6 Å². The second kappa shape index (κ2) is 9.37. The van der Waals surface area contributed by atoms with E-state index in [1.54, 1.807) is 37.3 Å². The van der Waals surface area contributed by atoms with Gasteiger partial charge in [0.15, 0.2) is 6.61 Å². The molecule has 0 aliphatic carbocycles. The van der Waals surface area contributed by atoms with E-state index in [0.29, 0.717) is 16.3 Å². The van der Waals surface area contributed by atoms with Gasteiger partial charge in [0, 0.05) is 18.6 Å². The molecule has 2 aromatic rings. The highest BCUT2D eigenvalue weighted by molar-refractivity contribution is 6.31. The Morgan fingerprint density at radius 1 is 1.22 bits per heavy atom. The highest BCUT2D eigenvalue weighted by Crippen LogP contribution is 2.21. The summed E-state index contributed by atoms with van der Waals surface area (Å²) in [7, 11) is 1.51. The lowest BCUT2D eigenvalue weighted by molar-refractivity contribution is -0.142. The van der Waals surface area contributed by atoms with Gasteiger partial charge in [0.1, 0.15) is 17.6 Å². The molecule has 27 heavy (non-hydrogen) atoms. The molecule has 144 valence electrons. The predicted octanol–water partition coefficient (Wildman–Crippen LogP) is 3.33. The fourth-order valence-corrected chi connectivity index (χ4v) is 2.63. The van der Waals surface area contributed by atoms with E-state index < -0.39 is 6.04 Å². The molecule has 5 nitrogen and oxygen atoms in total. The molecule has 1 N–H and O–H groups in total. The third kappa shape index (κ3) is 5.69. The molecule has 0 aliphatic rings. The Labute approximate surface area is 163 Å². The van der Waals surface area contributed by atoms with Gasteiger partial charge < -0.3 is 15.0 Å². The number of nitrogens with one attached hydrogen (secondary N) is 1. The van der Waals surface area contributed by atoms with Crippen molar-refractivity contribution in [1.82, 2.24) is 10.2 Å². The van der Waals surface area contributed by atoms with Crippen LogP contribution in [0.3, 0.4) is 0 Å². The number of likely N-dealkylation sites (N-methyl/N-ethyl adjacent to an activating group) is 1. The summed E-state index contributed by atoms with van der Waals surface area (Å²) in [6.07, 6.45) is 0. The molecule has 1 unspecified atom stereocenters. The number of halogens is 2. The van der Waals surface area contributed by atoms with Crippen LogP contribution in [0.2, 0.25) is 5.02 Å². The molecule has 0 aliphatic heterocycles. The summed E-state index contributed by atoms with van der Waals surface area (Å²) < 4.78 is 18.7. The van der Waals surface area contributed by atoms with Gasteiger partial charge in [0.05, 0.1) is 0 Å². The second-order valence-electron chi connectivity index (χ2n) is 6.14. The first-order valence-corrected chi connectivity index (χ1v) is 8.84. The van der Waals surface area contributed by atoms with E-state index in [9.17, 15) is 14.0 Å². The Hall–Kier alpha value is -2.60. The summed E-state index contributed by atoms with van der Waals surface area (Å²) in [5.41, 5.74) is 1.55. The minimum Gasteiger partial charge on any atom is -0.484 e. The molecule has 0 saturated heterocycles. The zero-order valence-electron chi connectivity index (χ0n) is 15.5. The number of rotatable bonds is 7. The quantitative estimate of drug-likeness (QED) is 0.786. The van der Waals surface area contributed by atoms with Crippen LogP contribution in [0.5, 0.6) is 5.75 Å². The summed E-state index contributed by atoms with van der Waals surface area (Å²) >= 11 is 5.99. The Kier molecular flexibility index (Phi) is 7.19. The van der Waals surface area contributed by atoms with E-state index in [1.807, 2.05) is 6.92 Å². The SMILES string of the molecule is CNC(=O)C(C)N(Cc1ccc(F)cc1)C(=O)COc1ccc(Cl)c(C)c1. The van der Waals surface area contributed by atoms with Crippen molar-refractivity contribution in [2.24, 2.45) is 0 Å². The van der Waals surface area contributed by atoms with Crippen LogP contribution in [0.25, 0.3) is 0 Å². The van der Waals surface area contributed by atoms with Crippen LogP contribution in [0.1, 0.15) is 18.1 Å². The summed E-state index contributed by atoms with van der Waals surface area (Å²) in [4.78, 5) is 26.2. The number of carbonyl (C=O) groups excluding carboxylic acids is 2. The summed E-state index contributed by atoms with van der Waals surface area (Å²) in [5.74, 6) is -0.507. The highest BCUT2D eigenvalue weighted by atomic mass is 35.5. The van der Waals surface area contributed by atoms with Gasteiger partial charge in [-0.3, -0.25) is 9.59 Å². The molecule has 0 aromatic heterocycles. The lowest BCUT2D eigenvalue weighted by atomic mass is 10.1. The van der Waals surface area contributed by atoms with Crippen LogP contribution in [-0.4, -0.2) is 36.4 Å². The maximum absolute atomic E-state index is 13.1. The van der Waals surface area contributed by atoms with Crippen molar-refractivity contribution in [2.45, 2.75) is 26.4 Å². The van der Waals surface area contributed by atoms with Crippen molar-refractivity contribution in [3.63, 3.8) is 0 Å². The van der Waals surface area contributed by atoms with Crippen LogP contribution in [-0.2, 0) is 16.1 Å². The number of hydrogen-bond donors (Lipinski definition) is 1. The predicted molar refractivity (Wildman–Crippen MR) is 102 cm³/mol. The van der Waals surface area contributed by atoms with Crippen LogP contribution in [0.15, 0.2) is 42.5 Å². The van der Waals surface area contributed by atoms with Gasteiger partial charge in [-0.1, -0.05) is 23.7 Å². The van der Waals surface area contributed by atoms with Crippen LogP contribution >= 0.6 is 11.6 Å². The maximum Gasteiger partial charge on any atom is 0.261 e. The minimum absolute atomic E-state index is 0.163. The summed E-state index contributed by atoms with van der Waals surface area (Å²) in [6, 6.07) is 10.2. The van der Waals surface area contributed by atoms with Crippen molar-refractivity contribution in [2.75, 3.05) is 13.7 Å². The average molecular weight is 393 g/mol. The Morgan fingerprint density at radius 2 is 1.89 bits per heavy atom. The van der Waals surface area contributed by atoms with Gasteiger partial charge in [0.2, 0.25) is 5.91 Å². The van der Waals surface area contributed by atoms with E-state index in [-0.39, 0.29) is 30.8 Å². The second-order valence-corrected chi connectivity index (χ2v) is 6.55. The molecule has 2 aromatic carbocycles. The first-order chi connectivity index (χ1) is 12.8. The number of nitrogens with zero attached hydrogens (tertiary/aromatic N) is 1. The molecular formula is C20H22ClFN2O3. The van der Waals surface area contributed by atoms with E-state index in [1.165, 1.54) is 24.1 Å². The van der Waals surface area contributed by atoms with Crippen LogP contribution in [0, 0.1) is 12.7 Å². The smallest absolute Gasteiger partial charge is 0.261 e. The molecule has 2 amide bonds. The molecule has 0 fully saturated rings. The number of benzene rings is 2. The van der Waals surface area contributed by atoms with Crippen molar-refractivity contribution < 1.29 is 18.7 Å². The monoisotopic (exact) mass is 392 g/mol. The number of hydrogen-bond acceptors (Lipinski definition) is 3. The zero-order chi connectivity index (χ0) is 20.0. The number of carbonyl (C=O) groups is 2. The van der Waals surface area contributed by atoms with Crippen LogP contribution in [0.4, 0.5) is 4.39 Å². The molecule has 0 spiro atoms. The van der Waals surface area contributed by atoms with Gasteiger partial charge in [0.25, 0.3) is 5.91 Å². The lowest BCUT2D eigenvalue weighted by Crippen LogP contribution is -2.48. The normalized spacial score (nSPS) is 11.6. The van der Waals surface area contributed by atoms with E-state index in [2.05, 4.69) is 5.32 Å². The first-order valence-electron chi connectivity index (χ1n) is 8.46. The largest absolute Gasteiger partial charge is 0.484 e. The van der Waals surface area contributed by atoms with Crippen molar-refractivity contribution in [3.05, 3.63) is 64.4 Å². The molecule has 1 atom stereocenters. The van der Waals surface area contributed by atoms with Gasteiger partial charge in [-0.15, -0.1) is 0 Å². The molecule has 0 radical (unpaired) electrons. The number of amides is 2. The molecule has 0 saturated carbocycles. The average Bonchev–Trinajstić information content (AvgIpc) is 2.67. The van der Waals surface area contributed by atoms with E-state index >= 15 is 0 Å². The first kappa shape index (κ1) is 20.7. The Balaban J connectivity index is 2.12. The highest BCUT2D eigenvalue weighted by Gasteiger charge is 2.25. The zero-order valence-corrected chi connectivity index (χ0v) is 16.2. The van der Waals surface area contributed by atoms with Gasteiger partial charge in [-0.25, -0.2) is 4.39 Å². The number of ether oxygens (including phenoxy) is 1. The fraction of sp³-hybridized carbons (Fsp3) is 0.300. The van der Waals surface area contributed by atoms with Crippen molar-refractivity contribution in [1.29, 1.82) is 0 Å². The molecule has 0 bridgehead atoms. The third-order valence-corrected chi connectivity index (χ3v) is 4.60. The number of aryl methyl sites for hydroxylation is 1. The van der Waals surface area contributed by atoms with Gasteiger partial charge in [-0.2, -0.15) is 0 Å². The maximum atomic E-state index is 13.1. The Bertz CT molecular complexity index is 811. The van der Waals surface area contributed by atoms with E-state index in [4.69, 9.17) is 16.3 Å². The van der Waals surface area contributed by atoms with Crippen molar-refractivity contribution >= 4 is 23.4 Å². The van der Waals surface area contributed by atoms with Crippen molar-refractivity contribution in [3.8, 4) is 5.75 Å². The summed E-state index contributed by atoms with van der Waals surface area (Å²) in [6.45, 7) is 3.40. The molecule has 2 rings (SSSR count). The molecule has 7 heteroatoms. The summed E-state index contributed by atoms with van der Waals surface area (Å²) in [5, 5.41) is 3.15. The van der Waals surface area contributed by atoms with Gasteiger partial charge >= 0.3 is 0 Å². The third-order valence-electron chi connectivity index (χ3n) is 4.17. The van der Waals surface area contributed by atoms with Crippen LogP contribution < -0.4 is 10.1 Å². The van der Waals surface area contributed by atoms with Gasteiger partial charge in [-0.05, 0) is 55.3 Å². The Morgan fingerprint density at radius 3 is 2.48 bits per heavy atom.